The van der Waals surface area contributed by atoms with Crippen molar-refractivity contribution < 1.29 is 4.79 Å². The Morgan fingerprint density at radius 1 is 1.20 bits per heavy atom. The van der Waals surface area contributed by atoms with Crippen LogP contribution in [0.15, 0.2) is 42.6 Å². The second-order valence-corrected chi connectivity index (χ2v) is 5.58. The Labute approximate surface area is 119 Å². The summed E-state index contributed by atoms with van der Waals surface area (Å²) in [6, 6.07) is 12.1. The minimum Gasteiger partial charge on any atom is -0.294 e. The van der Waals surface area contributed by atoms with Crippen molar-refractivity contribution in [1.29, 1.82) is 0 Å². The van der Waals surface area contributed by atoms with Gasteiger partial charge in [0.05, 0.1) is 0 Å². The highest BCUT2D eigenvalue weighted by Crippen LogP contribution is 2.27. The first-order valence-corrected chi connectivity index (χ1v) is 7.28. The van der Waals surface area contributed by atoms with Gasteiger partial charge in [-0.2, -0.15) is 0 Å². The van der Waals surface area contributed by atoms with Crippen LogP contribution >= 0.6 is 0 Å². The zero-order valence-corrected chi connectivity index (χ0v) is 11.8. The van der Waals surface area contributed by atoms with Gasteiger partial charge in [0.15, 0.2) is 5.78 Å². The number of ketones is 1. The van der Waals surface area contributed by atoms with E-state index < -0.39 is 0 Å². The fourth-order valence-electron chi connectivity index (χ4n) is 3.03. The highest BCUT2D eigenvalue weighted by atomic mass is 16.1. The lowest BCUT2D eigenvalue weighted by Gasteiger charge is -2.14. The van der Waals surface area contributed by atoms with E-state index in [1.54, 1.807) is 0 Å². The van der Waals surface area contributed by atoms with Gasteiger partial charge < -0.3 is 0 Å². The van der Waals surface area contributed by atoms with Gasteiger partial charge in [-0.05, 0) is 49.8 Å². The lowest BCUT2D eigenvalue weighted by molar-refractivity contribution is 0.0914. The summed E-state index contributed by atoms with van der Waals surface area (Å²) < 4.78 is 0. The zero-order valence-electron chi connectivity index (χ0n) is 11.8. The lowest BCUT2D eigenvalue weighted by atomic mass is 9.90. The summed E-state index contributed by atoms with van der Waals surface area (Å²) in [5.74, 6) is 0.371. The minimum atomic E-state index is 0.0762. The van der Waals surface area contributed by atoms with Gasteiger partial charge in [-0.1, -0.05) is 30.3 Å². The molecule has 102 valence electrons. The van der Waals surface area contributed by atoms with E-state index in [-0.39, 0.29) is 5.92 Å². The number of Topliss-reactive ketones (excluding diaryl/α,β-unsaturated/α-hetero) is 1. The molecule has 1 atom stereocenters. The first-order chi connectivity index (χ1) is 9.75. The molecule has 1 aliphatic carbocycles. The number of hydrogen-bond acceptors (Lipinski definition) is 2. The topological polar surface area (TPSA) is 30.0 Å². The van der Waals surface area contributed by atoms with Gasteiger partial charge in [0.1, 0.15) is 0 Å². The number of fused-ring (bicyclic) bond motifs is 1. The van der Waals surface area contributed by atoms with Crippen LogP contribution in [0.2, 0.25) is 0 Å². The Bertz CT molecular complexity index is 633. The smallest absolute Gasteiger partial charge is 0.166 e. The van der Waals surface area contributed by atoms with Crippen LogP contribution in [-0.2, 0) is 12.8 Å². The van der Waals surface area contributed by atoms with Crippen LogP contribution in [0.3, 0.4) is 0 Å². The molecule has 0 amide bonds. The number of benzene rings is 1. The van der Waals surface area contributed by atoms with Crippen LogP contribution in [0.1, 0.15) is 40.0 Å². The molecule has 0 saturated carbocycles. The molecule has 0 fully saturated rings. The summed E-state index contributed by atoms with van der Waals surface area (Å²) in [4.78, 5) is 17.2. The fourth-order valence-corrected chi connectivity index (χ4v) is 3.03. The van der Waals surface area contributed by atoms with Crippen LogP contribution < -0.4 is 0 Å². The van der Waals surface area contributed by atoms with Crippen molar-refractivity contribution in [2.45, 2.75) is 32.6 Å². The Balaban J connectivity index is 1.88. The third-order valence-electron chi connectivity index (χ3n) is 4.21. The summed E-state index contributed by atoms with van der Waals surface area (Å²) in [6.45, 7) is 2.07. The Morgan fingerprint density at radius 3 is 2.90 bits per heavy atom. The third-order valence-corrected chi connectivity index (χ3v) is 4.21. The molecule has 0 N–H and O–H groups in total. The van der Waals surface area contributed by atoms with Crippen molar-refractivity contribution in [3.63, 3.8) is 0 Å². The van der Waals surface area contributed by atoms with Crippen molar-refractivity contribution >= 4 is 5.78 Å². The van der Waals surface area contributed by atoms with Crippen LogP contribution in [-0.4, -0.2) is 10.8 Å². The van der Waals surface area contributed by atoms with E-state index in [0.717, 1.165) is 36.9 Å². The average molecular weight is 265 g/mol. The maximum absolute atomic E-state index is 12.7. The van der Waals surface area contributed by atoms with Crippen LogP contribution in [0.25, 0.3) is 0 Å². The Kier molecular flexibility index (Phi) is 3.64. The molecule has 0 spiro atoms. The van der Waals surface area contributed by atoms with Crippen LogP contribution in [0.4, 0.5) is 0 Å². The lowest BCUT2D eigenvalue weighted by Crippen LogP contribution is -2.17. The van der Waals surface area contributed by atoms with E-state index in [1.807, 2.05) is 30.5 Å². The molecule has 20 heavy (non-hydrogen) atoms. The first-order valence-electron chi connectivity index (χ1n) is 7.28. The zero-order chi connectivity index (χ0) is 13.9. The number of carbonyl (C=O) groups is 1. The van der Waals surface area contributed by atoms with E-state index in [2.05, 4.69) is 24.0 Å². The SMILES string of the molecule is Cc1cccnc1CC1CCCc2ccccc2C1=O. The Morgan fingerprint density at radius 2 is 2.05 bits per heavy atom. The van der Waals surface area contributed by atoms with Crippen LogP contribution in [0.5, 0.6) is 0 Å². The molecule has 0 radical (unpaired) electrons. The minimum absolute atomic E-state index is 0.0762. The van der Waals surface area contributed by atoms with Crippen LogP contribution in [0, 0.1) is 12.8 Å². The van der Waals surface area contributed by atoms with Gasteiger partial charge >= 0.3 is 0 Å². The summed E-state index contributed by atoms with van der Waals surface area (Å²) in [7, 11) is 0. The number of aromatic nitrogens is 1. The molecule has 2 nitrogen and oxygen atoms in total. The fraction of sp³-hybridized carbons (Fsp3) is 0.333. The molecule has 0 bridgehead atoms. The third kappa shape index (κ3) is 2.51. The molecular formula is C18H19NO. The maximum atomic E-state index is 12.7. The number of hydrogen-bond donors (Lipinski definition) is 0. The molecule has 2 heteroatoms. The molecule has 1 heterocycles. The number of pyridine rings is 1. The number of nitrogens with zero attached hydrogens (tertiary/aromatic N) is 1. The monoisotopic (exact) mass is 265 g/mol. The van der Waals surface area contributed by atoms with E-state index in [9.17, 15) is 4.79 Å². The Hall–Kier alpha value is -1.96. The quantitative estimate of drug-likeness (QED) is 0.774. The number of carbonyl (C=O) groups excluding carboxylic acids is 1. The summed E-state index contributed by atoms with van der Waals surface area (Å²) in [5.41, 5.74) is 4.37. The molecule has 0 saturated heterocycles. The predicted molar refractivity (Wildman–Crippen MR) is 79.9 cm³/mol. The van der Waals surface area contributed by atoms with Crippen molar-refractivity contribution in [2.75, 3.05) is 0 Å². The highest BCUT2D eigenvalue weighted by Gasteiger charge is 2.25. The maximum Gasteiger partial charge on any atom is 0.166 e. The normalized spacial score (nSPS) is 18.4. The van der Waals surface area contributed by atoms with E-state index in [4.69, 9.17) is 0 Å². The summed E-state index contributed by atoms with van der Waals surface area (Å²) >= 11 is 0. The number of aryl methyl sites for hydroxylation is 2. The van der Waals surface area contributed by atoms with E-state index in [1.165, 1.54) is 11.1 Å². The molecule has 2 aromatic rings. The van der Waals surface area contributed by atoms with Gasteiger partial charge in [-0.25, -0.2) is 0 Å². The molecule has 0 aliphatic heterocycles. The van der Waals surface area contributed by atoms with Gasteiger partial charge in [0, 0.05) is 23.4 Å². The predicted octanol–water partition coefficient (Wildman–Crippen LogP) is 3.77. The summed E-state index contributed by atoms with van der Waals surface area (Å²) in [5, 5.41) is 0. The van der Waals surface area contributed by atoms with Crippen molar-refractivity contribution in [2.24, 2.45) is 5.92 Å². The van der Waals surface area contributed by atoms with Gasteiger partial charge in [0.2, 0.25) is 0 Å². The first kappa shape index (κ1) is 13.0. The molecule has 1 aromatic carbocycles. The van der Waals surface area contributed by atoms with E-state index >= 15 is 0 Å². The molecule has 1 aromatic heterocycles. The second kappa shape index (κ2) is 5.58. The van der Waals surface area contributed by atoms with Gasteiger partial charge in [0.25, 0.3) is 0 Å². The van der Waals surface area contributed by atoms with Gasteiger partial charge in [-0.15, -0.1) is 0 Å². The number of rotatable bonds is 2. The van der Waals surface area contributed by atoms with E-state index in [0.29, 0.717) is 5.78 Å². The van der Waals surface area contributed by atoms with Crippen molar-refractivity contribution in [1.82, 2.24) is 4.98 Å². The molecule has 1 aliphatic rings. The molecule has 3 rings (SSSR count). The van der Waals surface area contributed by atoms with Crippen molar-refractivity contribution in [3.8, 4) is 0 Å². The molecular weight excluding hydrogens is 246 g/mol. The largest absolute Gasteiger partial charge is 0.294 e. The van der Waals surface area contributed by atoms with Crippen molar-refractivity contribution in [3.05, 3.63) is 65.0 Å². The second-order valence-electron chi connectivity index (χ2n) is 5.58. The average Bonchev–Trinajstić information content (AvgIpc) is 2.62. The molecule has 1 unspecified atom stereocenters. The van der Waals surface area contributed by atoms with Gasteiger partial charge in [-0.3, -0.25) is 9.78 Å². The highest BCUT2D eigenvalue weighted by molar-refractivity contribution is 5.99. The summed E-state index contributed by atoms with van der Waals surface area (Å²) in [6.07, 6.45) is 5.64. The standard InChI is InChI=1S/C18H19NO/c1-13-6-5-11-19-17(13)12-15-9-4-8-14-7-2-3-10-16(14)18(15)20/h2-3,5-7,10-11,15H,4,8-9,12H2,1H3.